The molecule has 1 N–H and O–H groups in total. The molecular formula is C19H13F3N4S. The van der Waals surface area contributed by atoms with E-state index in [1.807, 2.05) is 24.3 Å². The highest BCUT2D eigenvalue weighted by atomic mass is 32.2. The lowest BCUT2D eigenvalue weighted by molar-refractivity contribution is -0.141. The van der Waals surface area contributed by atoms with Gasteiger partial charge >= 0.3 is 6.18 Å². The maximum atomic E-state index is 13.2. The van der Waals surface area contributed by atoms with Gasteiger partial charge in [-0.15, -0.1) is 0 Å². The lowest BCUT2D eigenvalue weighted by Crippen LogP contribution is -2.10. The van der Waals surface area contributed by atoms with Crippen LogP contribution in [0.25, 0.3) is 22.3 Å². The minimum atomic E-state index is -4.54. The molecule has 0 spiro atoms. The van der Waals surface area contributed by atoms with Crippen LogP contribution in [0.5, 0.6) is 0 Å². The van der Waals surface area contributed by atoms with Crippen LogP contribution in [0.15, 0.2) is 65.8 Å². The van der Waals surface area contributed by atoms with Crippen LogP contribution in [0.1, 0.15) is 11.5 Å². The third-order valence-corrected chi connectivity index (χ3v) is 4.70. The van der Waals surface area contributed by atoms with Crippen molar-refractivity contribution in [3.05, 3.63) is 72.2 Å². The van der Waals surface area contributed by atoms with E-state index in [4.69, 9.17) is 0 Å². The van der Waals surface area contributed by atoms with Gasteiger partial charge in [0.1, 0.15) is 11.5 Å². The lowest BCUT2D eigenvalue weighted by atomic mass is 10.1. The SMILES string of the molecule is FC(F)(F)c1cc(-c2ccccc2)nc(SCc2nc3ccccc3[nH]2)n1. The third kappa shape index (κ3) is 3.95. The third-order valence-electron chi connectivity index (χ3n) is 3.84. The Hall–Kier alpha value is -2.87. The zero-order valence-corrected chi connectivity index (χ0v) is 14.7. The normalized spacial score (nSPS) is 11.8. The molecule has 2 aromatic heterocycles. The van der Waals surface area contributed by atoms with Gasteiger partial charge in [-0.25, -0.2) is 15.0 Å². The first kappa shape index (κ1) is 17.5. The Balaban J connectivity index is 1.64. The molecule has 0 amide bonds. The van der Waals surface area contributed by atoms with E-state index in [2.05, 4.69) is 19.9 Å². The van der Waals surface area contributed by atoms with Gasteiger partial charge in [-0.2, -0.15) is 13.2 Å². The Kier molecular flexibility index (Phi) is 4.57. The average molecular weight is 386 g/mol. The Labute approximate surface area is 156 Å². The van der Waals surface area contributed by atoms with Crippen LogP contribution in [-0.2, 0) is 11.9 Å². The molecule has 8 heteroatoms. The second-order valence-corrected chi connectivity index (χ2v) is 6.72. The highest BCUT2D eigenvalue weighted by molar-refractivity contribution is 7.98. The average Bonchev–Trinajstić information content (AvgIpc) is 3.09. The van der Waals surface area contributed by atoms with E-state index < -0.39 is 11.9 Å². The summed E-state index contributed by atoms with van der Waals surface area (Å²) in [7, 11) is 0. The van der Waals surface area contributed by atoms with Gasteiger partial charge < -0.3 is 4.98 Å². The molecule has 136 valence electrons. The number of thioether (sulfide) groups is 1. The Morgan fingerprint density at radius 3 is 2.37 bits per heavy atom. The van der Waals surface area contributed by atoms with Crippen LogP contribution in [0.2, 0.25) is 0 Å². The lowest BCUT2D eigenvalue weighted by Gasteiger charge is -2.10. The minimum Gasteiger partial charge on any atom is -0.341 e. The quantitative estimate of drug-likeness (QED) is 0.380. The number of fused-ring (bicyclic) bond motifs is 1. The highest BCUT2D eigenvalue weighted by Gasteiger charge is 2.33. The molecule has 0 bridgehead atoms. The predicted octanol–water partition coefficient (Wildman–Crippen LogP) is 5.33. The van der Waals surface area contributed by atoms with Crippen molar-refractivity contribution in [1.82, 2.24) is 19.9 Å². The number of alkyl halides is 3. The maximum absolute atomic E-state index is 13.2. The molecule has 0 unspecified atom stereocenters. The molecule has 0 saturated carbocycles. The van der Waals surface area contributed by atoms with Crippen LogP contribution in [-0.4, -0.2) is 19.9 Å². The Morgan fingerprint density at radius 2 is 1.63 bits per heavy atom. The molecule has 2 heterocycles. The molecule has 0 saturated heterocycles. The first-order chi connectivity index (χ1) is 13.0. The van der Waals surface area contributed by atoms with E-state index in [0.717, 1.165) is 28.9 Å². The van der Waals surface area contributed by atoms with Crippen molar-refractivity contribution in [3.8, 4) is 11.3 Å². The van der Waals surface area contributed by atoms with Gasteiger partial charge in [0.05, 0.1) is 22.5 Å². The number of aromatic amines is 1. The largest absolute Gasteiger partial charge is 0.433 e. The summed E-state index contributed by atoms with van der Waals surface area (Å²) < 4.78 is 39.7. The first-order valence-electron chi connectivity index (χ1n) is 8.07. The number of para-hydroxylation sites is 2. The number of aromatic nitrogens is 4. The zero-order valence-electron chi connectivity index (χ0n) is 13.9. The van der Waals surface area contributed by atoms with Gasteiger partial charge in [-0.1, -0.05) is 54.2 Å². The van der Waals surface area contributed by atoms with Gasteiger partial charge in [0.25, 0.3) is 0 Å². The van der Waals surface area contributed by atoms with Gasteiger partial charge in [0.2, 0.25) is 0 Å². The highest BCUT2D eigenvalue weighted by Crippen LogP contribution is 2.32. The van der Waals surface area contributed by atoms with Crippen LogP contribution in [0.4, 0.5) is 13.2 Å². The topological polar surface area (TPSA) is 54.5 Å². The number of hydrogen-bond donors (Lipinski definition) is 1. The van der Waals surface area contributed by atoms with Crippen LogP contribution in [0, 0.1) is 0 Å². The number of nitrogens with zero attached hydrogens (tertiary/aromatic N) is 3. The summed E-state index contributed by atoms with van der Waals surface area (Å²) in [5, 5.41) is 0.0594. The van der Waals surface area contributed by atoms with Gasteiger partial charge in [-0.3, -0.25) is 0 Å². The molecule has 0 aliphatic heterocycles. The molecule has 4 nitrogen and oxygen atoms in total. The monoisotopic (exact) mass is 386 g/mol. The summed E-state index contributed by atoms with van der Waals surface area (Å²) in [6.07, 6.45) is -4.54. The number of hydrogen-bond acceptors (Lipinski definition) is 4. The number of benzene rings is 2. The first-order valence-corrected chi connectivity index (χ1v) is 9.06. The molecule has 4 rings (SSSR count). The van der Waals surface area contributed by atoms with Crippen molar-refractivity contribution in [1.29, 1.82) is 0 Å². The Morgan fingerprint density at radius 1 is 0.889 bits per heavy atom. The van der Waals surface area contributed by atoms with Crippen LogP contribution in [0.3, 0.4) is 0 Å². The fourth-order valence-corrected chi connectivity index (χ4v) is 3.33. The summed E-state index contributed by atoms with van der Waals surface area (Å²) in [4.78, 5) is 15.6. The van der Waals surface area contributed by atoms with E-state index in [-0.39, 0.29) is 10.9 Å². The fraction of sp³-hybridized carbons (Fsp3) is 0.105. The standard InChI is InChI=1S/C19H13F3N4S/c20-19(21,22)16-10-15(12-6-2-1-3-7-12)25-18(26-16)27-11-17-23-13-8-4-5-9-14(13)24-17/h1-10H,11H2,(H,23,24). The molecule has 0 aliphatic rings. The van der Waals surface area contributed by atoms with Crippen molar-refractivity contribution in [2.24, 2.45) is 0 Å². The van der Waals surface area contributed by atoms with E-state index >= 15 is 0 Å². The predicted molar refractivity (Wildman–Crippen MR) is 98.1 cm³/mol. The summed E-state index contributed by atoms with van der Waals surface area (Å²) in [6.45, 7) is 0. The van der Waals surface area contributed by atoms with Crippen LogP contribution >= 0.6 is 11.8 Å². The van der Waals surface area contributed by atoms with Crippen molar-refractivity contribution in [2.75, 3.05) is 0 Å². The molecule has 0 atom stereocenters. The van der Waals surface area contributed by atoms with Crippen molar-refractivity contribution >= 4 is 22.8 Å². The smallest absolute Gasteiger partial charge is 0.341 e. The fourth-order valence-electron chi connectivity index (χ4n) is 2.60. The number of nitrogens with one attached hydrogen (secondary N) is 1. The zero-order chi connectivity index (χ0) is 18.9. The van der Waals surface area contributed by atoms with Gasteiger partial charge in [-0.05, 0) is 18.2 Å². The molecule has 0 radical (unpaired) electrons. The molecule has 0 fully saturated rings. The van der Waals surface area contributed by atoms with Crippen molar-refractivity contribution in [2.45, 2.75) is 17.1 Å². The summed E-state index contributed by atoms with van der Waals surface area (Å²) in [5.41, 5.74) is 1.58. The van der Waals surface area contributed by atoms with Crippen LogP contribution < -0.4 is 0 Å². The van der Waals surface area contributed by atoms with Gasteiger partial charge in [0.15, 0.2) is 5.16 Å². The number of imidazole rings is 1. The second-order valence-electron chi connectivity index (χ2n) is 5.77. The molecule has 0 aliphatic carbocycles. The van der Waals surface area contributed by atoms with E-state index in [0.29, 0.717) is 17.1 Å². The number of H-pyrrole nitrogens is 1. The van der Waals surface area contributed by atoms with E-state index in [9.17, 15) is 13.2 Å². The van der Waals surface area contributed by atoms with E-state index in [1.165, 1.54) is 0 Å². The molecule has 2 aromatic carbocycles. The minimum absolute atomic E-state index is 0.0594. The van der Waals surface area contributed by atoms with Gasteiger partial charge in [0, 0.05) is 5.56 Å². The summed E-state index contributed by atoms with van der Waals surface area (Å²) in [6, 6.07) is 17.2. The van der Waals surface area contributed by atoms with Crippen molar-refractivity contribution < 1.29 is 13.2 Å². The number of halogens is 3. The Bertz CT molecular complexity index is 1040. The summed E-state index contributed by atoms with van der Waals surface area (Å²) >= 11 is 1.11. The second kappa shape index (κ2) is 7.03. The molecular weight excluding hydrogens is 373 g/mol. The molecule has 4 aromatic rings. The summed E-state index contributed by atoms with van der Waals surface area (Å²) in [5.74, 6) is 0.994. The maximum Gasteiger partial charge on any atom is 0.433 e. The van der Waals surface area contributed by atoms with E-state index in [1.54, 1.807) is 30.3 Å². The molecule has 27 heavy (non-hydrogen) atoms. The number of rotatable bonds is 4. The van der Waals surface area contributed by atoms with Crippen molar-refractivity contribution in [3.63, 3.8) is 0 Å².